The van der Waals surface area contributed by atoms with Gasteiger partial charge in [0.15, 0.2) is 6.61 Å². The summed E-state index contributed by atoms with van der Waals surface area (Å²) in [5.41, 5.74) is 0.299. The highest BCUT2D eigenvalue weighted by molar-refractivity contribution is 14.1. The maximum absolute atomic E-state index is 13.2. The van der Waals surface area contributed by atoms with Crippen LogP contribution in [0.5, 0.6) is 5.75 Å². The predicted octanol–water partition coefficient (Wildman–Crippen LogP) is 3.41. The Hall–Kier alpha value is -2.80. The van der Waals surface area contributed by atoms with Crippen LogP contribution in [0.1, 0.15) is 5.56 Å². The fourth-order valence-corrected chi connectivity index (χ4v) is 4.41. The summed E-state index contributed by atoms with van der Waals surface area (Å²) in [4.78, 5) is 49.4. The van der Waals surface area contributed by atoms with Crippen LogP contribution in [0, 0.1) is 9.39 Å². The first-order chi connectivity index (χ1) is 14.7. The van der Waals surface area contributed by atoms with E-state index in [-0.39, 0.29) is 17.9 Å². The van der Waals surface area contributed by atoms with E-state index < -0.39 is 29.6 Å². The van der Waals surface area contributed by atoms with Crippen LogP contribution in [-0.2, 0) is 19.1 Å². The number of methoxy groups -OCH3 is 1. The summed E-state index contributed by atoms with van der Waals surface area (Å²) >= 11 is 5.31. The average molecular weight is 603 g/mol. The molecular formula is C20H13BrFIN2O6. The van der Waals surface area contributed by atoms with Gasteiger partial charge in [-0.05, 0) is 86.6 Å². The minimum atomic E-state index is -0.930. The number of nitrogens with zero attached hydrogens (tertiary/aromatic N) is 1. The van der Waals surface area contributed by atoms with Crippen LogP contribution in [0.4, 0.5) is 14.9 Å². The van der Waals surface area contributed by atoms with E-state index in [1.807, 2.05) is 22.6 Å². The number of nitrogens with one attached hydrogen (secondary N) is 1. The first-order valence-electron chi connectivity index (χ1n) is 8.57. The van der Waals surface area contributed by atoms with Gasteiger partial charge in [0.05, 0.1) is 20.8 Å². The van der Waals surface area contributed by atoms with E-state index in [0.717, 1.165) is 17.0 Å². The SMILES string of the molecule is COC(=O)COc1c(Br)cc(/C=C2\C(=O)NC(=O)N(c3ccc(F)cc3)C2=O)cc1I. The fraction of sp³-hybridized carbons (Fsp3) is 0.100. The molecular weight excluding hydrogens is 590 g/mol. The summed E-state index contributed by atoms with van der Waals surface area (Å²) < 4.78 is 24.2. The minimum Gasteiger partial charge on any atom is -0.480 e. The van der Waals surface area contributed by atoms with E-state index in [9.17, 15) is 23.6 Å². The quantitative estimate of drug-likeness (QED) is 0.244. The lowest BCUT2D eigenvalue weighted by molar-refractivity contribution is -0.143. The molecule has 3 rings (SSSR count). The molecule has 4 amide bonds. The van der Waals surface area contributed by atoms with E-state index in [4.69, 9.17) is 4.74 Å². The number of barbiturate groups is 1. The Morgan fingerprint density at radius 1 is 1.23 bits per heavy atom. The van der Waals surface area contributed by atoms with Crippen LogP contribution in [0.3, 0.4) is 0 Å². The summed E-state index contributed by atoms with van der Waals surface area (Å²) in [6, 6.07) is 7.00. The standard InChI is InChI=1S/C20H13BrFIN2O6/c1-30-16(26)9-31-17-14(21)7-10(8-15(17)23)6-13-18(27)24-20(29)25(19(13)28)12-4-2-11(22)3-5-12/h2-8H,9H2,1H3,(H,24,27,29)/b13-6+. The largest absolute Gasteiger partial charge is 0.480 e. The van der Waals surface area contributed by atoms with Gasteiger partial charge in [0, 0.05) is 0 Å². The monoisotopic (exact) mass is 602 g/mol. The summed E-state index contributed by atoms with van der Waals surface area (Å²) in [6.07, 6.45) is 1.32. The molecule has 2 aromatic carbocycles. The lowest BCUT2D eigenvalue weighted by Crippen LogP contribution is -2.54. The van der Waals surface area contributed by atoms with Crippen molar-refractivity contribution in [2.45, 2.75) is 0 Å². The van der Waals surface area contributed by atoms with Gasteiger partial charge in [-0.25, -0.2) is 18.9 Å². The van der Waals surface area contributed by atoms with Gasteiger partial charge in [0.25, 0.3) is 11.8 Å². The molecule has 0 aliphatic carbocycles. The third kappa shape index (κ3) is 5.10. The van der Waals surface area contributed by atoms with Crippen molar-refractivity contribution >= 4 is 74.1 Å². The van der Waals surface area contributed by atoms with Crippen molar-refractivity contribution in [2.75, 3.05) is 18.6 Å². The molecule has 0 spiro atoms. The van der Waals surface area contributed by atoms with Crippen LogP contribution >= 0.6 is 38.5 Å². The van der Waals surface area contributed by atoms with Crippen LogP contribution in [0.25, 0.3) is 6.08 Å². The molecule has 11 heteroatoms. The van der Waals surface area contributed by atoms with Gasteiger partial charge < -0.3 is 9.47 Å². The first-order valence-corrected chi connectivity index (χ1v) is 10.4. The maximum Gasteiger partial charge on any atom is 0.343 e. The molecule has 1 aliphatic heterocycles. The highest BCUT2D eigenvalue weighted by Gasteiger charge is 2.36. The normalized spacial score (nSPS) is 15.2. The summed E-state index contributed by atoms with van der Waals surface area (Å²) in [6.45, 7) is -0.291. The number of esters is 1. The van der Waals surface area contributed by atoms with Gasteiger partial charge >= 0.3 is 12.0 Å². The van der Waals surface area contributed by atoms with E-state index in [1.54, 1.807) is 12.1 Å². The maximum atomic E-state index is 13.2. The fourth-order valence-electron chi connectivity index (χ4n) is 2.64. The molecule has 0 bridgehead atoms. The molecule has 0 atom stereocenters. The molecule has 160 valence electrons. The minimum absolute atomic E-state index is 0.115. The van der Waals surface area contributed by atoms with Crippen molar-refractivity contribution in [2.24, 2.45) is 0 Å². The number of halogens is 3. The zero-order chi connectivity index (χ0) is 22.7. The van der Waals surface area contributed by atoms with E-state index in [2.05, 4.69) is 26.0 Å². The van der Waals surface area contributed by atoms with Crippen LogP contribution < -0.4 is 15.0 Å². The molecule has 8 nitrogen and oxygen atoms in total. The Balaban J connectivity index is 1.93. The summed E-state index contributed by atoms with van der Waals surface area (Å²) in [7, 11) is 1.24. The van der Waals surface area contributed by atoms with Crippen molar-refractivity contribution < 1.29 is 33.0 Å². The Labute approximate surface area is 197 Å². The smallest absolute Gasteiger partial charge is 0.343 e. The zero-order valence-electron chi connectivity index (χ0n) is 15.8. The summed E-state index contributed by atoms with van der Waals surface area (Å²) in [5.74, 6) is -2.41. The van der Waals surface area contributed by atoms with Crippen molar-refractivity contribution in [3.63, 3.8) is 0 Å². The Morgan fingerprint density at radius 2 is 1.90 bits per heavy atom. The number of carbonyl (C=O) groups is 4. The molecule has 1 aliphatic rings. The number of imide groups is 2. The lowest BCUT2D eigenvalue weighted by Gasteiger charge is -2.26. The van der Waals surface area contributed by atoms with Crippen molar-refractivity contribution in [1.82, 2.24) is 5.32 Å². The second-order valence-electron chi connectivity index (χ2n) is 6.11. The number of amides is 4. The van der Waals surface area contributed by atoms with Gasteiger partial charge in [-0.15, -0.1) is 0 Å². The topological polar surface area (TPSA) is 102 Å². The van der Waals surface area contributed by atoms with Gasteiger partial charge in [0.1, 0.15) is 17.1 Å². The molecule has 1 heterocycles. The molecule has 0 radical (unpaired) electrons. The molecule has 2 aromatic rings. The molecule has 1 N–H and O–H groups in total. The Morgan fingerprint density at radius 3 is 2.52 bits per heavy atom. The van der Waals surface area contributed by atoms with Gasteiger partial charge in [-0.3, -0.25) is 14.9 Å². The number of hydrogen-bond donors (Lipinski definition) is 1. The zero-order valence-corrected chi connectivity index (χ0v) is 19.5. The number of urea groups is 1. The average Bonchev–Trinajstić information content (AvgIpc) is 2.71. The van der Waals surface area contributed by atoms with Crippen LogP contribution in [-0.4, -0.2) is 37.5 Å². The molecule has 0 aromatic heterocycles. The van der Waals surface area contributed by atoms with Crippen molar-refractivity contribution in [3.05, 3.63) is 61.4 Å². The van der Waals surface area contributed by atoms with Gasteiger partial charge in [-0.1, -0.05) is 0 Å². The highest BCUT2D eigenvalue weighted by Crippen LogP contribution is 2.33. The van der Waals surface area contributed by atoms with E-state index >= 15 is 0 Å². The van der Waals surface area contributed by atoms with Gasteiger partial charge in [0.2, 0.25) is 0 Å². The number of carbonyl (C=O) groups excluding carboxylic acids is 4. The molecule has 0 unspecified atom stereocenters. The molecule has 1 saturated heterocycles. The summed E-state index contributed by atoms with van der Waals surface area (Å²) in [5, 5.41) is 2.10. The molecule has 31 heavy (non-hydrogen) atoms. The van der Waals surface area contributed by atoms with Crippen LogP contribution in [0.15, 0.2) is 46.4 Å². The molecule has 1 fully saturated rings. The number of rotatable bonds is 5. The lowest BCUT2D eigenvalue weighted by atomic mass is 10.1. The first kappa shape index (κ1) is 22.9. The Kier molecular flexibility index (Phi) is 7.05. The third-order valence-electron chi connectivity index (χ3n) is 4.08. The van der Waals surface area contributed by atoms with E-state index in [1.165, 1.54) is 25.3 Å². The molecule has 0 saturated carbocycles. The van der Waals surface area contributed by atoms with Gasteiger partial charge in [-0.2, -0.15) is 0 Å². The van der Waals surface area contributed by atoms with E-state index in [0.29, 0.717) is 19.4 Å². The Bertz CT molecular complexity index is 1100. The second kappa shape index (κ2) is 9.56. The highest BCUT2D eigenvalue weighted by atomic mass is 127. The number of benzene rings is 2. The number of anilines is 1. The number of ether oxygens (including phenoxy) is 2. The van der Waals surface area contributed by atoms with Crippen molar-refractivity contribution in [3.8, 4) is 5.75 Å². The second-order valence-corrected chi connectivity index (χ2v) is 8.13. The van der Waals surface area contributed by atoms with Crippen LogP contribution in [0.2, 0.25) is 0 Å². The van der Waals surface area contributed by atoms with Crippen molar-refractivity contribution in [1.29, 1.82) is 0 Å². The third-order valence-corrected chi connectivity index (χ3v) is 5.47. The predicted molar refractivity (Wildman–Crippen MR) is 120 cm³/mol. The number of hydrogen-bond acceptors (Lipinski definition) is 6.